The number of rotatable bonds is 5. The maximum absolute atomic E-state index is 12.3. The third-order valence-electron chi connectivity index (χ3n) is 4.45. The summed E-state index contributed by atoms with van der Waals surface area (Å²) >= 11 is 0. The molecule has 154 valence electrons. The molecule has 0 spiro atoms. The number of carbonyl (C=O) groups is 3. The number of benzene rings is 1. The summed E-state index contributed by atoms with van der Waals surface area (Å²) < 4.78 is 10.1. The predicted octanol–water partition coefficient (Wildman–Crippen LogP) is 1.03. The number of piperazine rings is 1. The highest BCUT2D eigenvalue weighted by Crippen LogP contribution is 2.10. The summed E-state index contributed by atoms with van der Waals surface area (Å²) in [6.45, 7) is 4.78. The van der Waals surface area contributed by atoms with Gasteiger partial charge in [-0.15, -0.1) is 5.10 Å². The maximum Gasteiger partial charge on any atom is 0.409 e. The molecule has 2 heterocycles. The summed E-state index contributed by atoms with van der Waals surface area (Å²) in [7, 11) is 0. The van der Waals surface area contributed by atoms with Crippen molar-refractivity contribution in [3.63, 3.8) is 0 Å². The van der Waals surface area contributed by atoms with Crippen LogP contribution in [0.4, 0.5) is 4.79 Å². The average Bonchev–Trinajstić information content (AvgIpc) is 3.14. The van der Waals surface area contributed by atoms with E-state index >= 15 is 0 Å². The van der Waals surface area contributed by atoms with Crippen LogP contribution < -0.4 is 0 Å². The van der Waals surface area contributed by atoms with Crippen molar-refractivity contribution in [3.05, 3.63) is 41.7 Å². The summed E-state index contributed by atoms with van der Waals surface area (Å²) in [6.07, 6.45) is -0.386. The van der Waals surface area contributed by atoms with Crippen LogP contribution in [0.5, 0.6) is 0 Å². The Morgan fingerprint density at radius 3 is 2.28 bits per heavy atom. The monoisotopic (exact) mass is 401 g/mol. The molecule has 0 aliphatic carbocycles. The minimum atomic E-state index is -0.705. The second-order valence-electron chi connectivity index (χ2n) is 6.40. The Labute approximate surface area is 168 Å². The molecule has 29 heavy (non-hydrogen) atoms. The van der Waals surface area contributed by atoms with E-state index in [4.69, 9.17) is 9.47 Å². The lowest BCUT2D eigenvalue weighted by molar-refractivity contribution is -0.136. The van der Waals surface area contributed by atoms with Gasteiger partial charge < -0.3 is 19.3 Å². The maximum atomic E-state index is 12.3. The minimum Gasteiger partial charge on any atom is -0.451 e. The van der Waals surface area contributed by atoms with Crippen molar-refractivity contribution in [2.75, 3.05) is 39.4 Å². The van der Waals surface area contributed by atoms with Crippen molar-refractivity contribution in [1.82, 2.24) is 24.8 Å². The first kappa shape index (κ1) is 20.3. The number of nitrogens with zero attached hydrogens (tertiary/aromatic N) is 5. The van der Waals surface area contributed by atoms with Crippen LogP contribution in [0.3, 0.4) is 0 Å². The van der Waals surface area contributed by atoms with Gasteiger partial charge >= 0.3 is 12.1 Å². The molecule has 0 bridgehead atoms. The SMILES string of the molecule is CCOC(=O)N1CCN(C(=O)COC(=O)c2nn(-c3ccccc3)nc2C)CC1. The van der Waals surface area contributed by atoms with E-state index in [1.807, 2.05) is 30.3 Å². The second kappa shape index (κ2) is 9.18. The van der Waals surface area contributed by atoms with Gasteiger partial charge in [0.05, 0.1) is 18.0 Å². The Morgan fingerprint density at radius 2 is 1.62 bits per heavy atom. The van der Waals surface area contributed by atoms with E-state index in [1.54, 1.807) is 23.6 Å². The van der Waals surface area contributed by atoms with Gasteiger partial charge in [0.15, 0.2) is 12.3 Å². The highest BCUT2D eigenvalue weighted by atomic mass is 16.6. The molecule has 0 unspecified atom stereocenters. The summed E-state index contributed by atoms with van der Waals surface area (Å²) in [5, 5.41) is 8.38. The number of hydrogen-bond acceptors (Lipinski definition) is 7. The van der Waals surface area contributed by atoms with E-state index in [-0.39, 0.29) is 17.7 Å². The zero-order chi connectivity index (χ0) is 20.8. The van der Waals surface area contributed by atoms with Crippen LogP contribution in [0.25, 0.3) is 5.69 Å². The molecule has 1 aromatic heterocycles. The van der Waals surface area contributed by atoms with Crippen LogP contribution in [0, 0.1) is 6.92 Å². The average molecular weight is 401 g/mol. The van der Waals surface area contributed by atoms with Crippen molar-refractivity contribution in [1.29, 1.82) is 0 Å². The molecule has 0 atom stereocenters. The molecular weight excluding hydrogens is 378 g/mol. The van der Waals surface area contributed by atoms with Crippen molar-refractivity contribution in [2.24, 2.45) is 0 Å². The summed E-state index contributed by atoms with van der Waals surface area (Å²) in [6, 6.07) is 9.17. The molecule has 2 amide bonds. The Hall–Kier alpha value is -3.43. The van der Waals surface area contributed by atoms with Gasteiger partial charge in [-0.25, -0.2) is 9.59 Å². The molecule has 0 N–H and O–H groups in total. The van der Waals surface area contributed by atoms with Crippen molar-refractivity contribution >= 4 is 18.0 Å². The molecule has 1 aliphatic rings. The summed E-state index contributed by atoms with van der Waals surface area (Å²) in [5.41, 5.74) is 1.19. The zero-order valence-electron chi connectivity index (χ0n) is 16.4. The zero-order valence-corrected chi connectivity index (χ0v) is 16.4. The first-order valence-electron chi connectivity index (χ1n) is 9.35. The highest BCUT2D eigenvalue weighted by Gasteiger charge is 2.26. The Bertz CT molecular complexity index is 874. The van der Waals surface area contributed by atoms with Gasteiger partial charge in [0.2, 0.25) is 0 Å². The lowest BCUT2D eigenvalue weighted by Gasteiger charge is -2.33. The molecule has 2 aromatic rings. The molecule has 0 saturated carbocycles. The molecule has 1 saturated heterocycles. The van der Waals surface area contributed by atoms with Crippen LogP contribution in [-0.4, -0.2) is 82.2 Å². The topological polar surface area (TPSA) is 107 Å². The molecule has 1 aliphatic heterocycles. The normalized spacial score (nSPS) is 13.9. The molecule has 10 nitrogen and oxygen atoms in total. The third-order valence-corrected chi connectivity index (χ3v) is 4.45. The van der Waals surface area contributed by atoms with Gasteiger partial charge in [0, 0.05) is 26.2 Å². The number of esters is 1. The predicted molar refractivity (Wildman–Crippen MR) is 102 cm³/mol. The lowest BCUT2D eigenvalue weighted by atomic mass is 10.3. The van der Waals surface area contributed by atoms with Gasteiger partial charge in [0.25, 0.3) is 5.91 Å². The summed E-state index contributed by atoms with van der Waals surface area (Å²) in [5.74, 6) is -1.03. The fourth-order valence-corrected chi connectivity index (χ4v) is 2.88. The number of aryl methyl sites for hydroxylation is 1. The van der Waals surface area contributed by atoms with Gasteiger partial charge in [-0.1, -0.05) is 18.2 Å². The molecule has 1 fully saturated rings. The smallest absolute Gasteiger partial charge is 0.409 e. The Balaban J connectivity index is 1.52. The number of aromatic nitrogens is 3. The molecule has 1 aromatic carbocycles. The Morgan fingerprint density at radius 1 is 0.966 bits per heavy atom. The van der Waals surface area contributed by atoms with Crippen LogP contribution in [0.15, 0.2) is 30.3 Å². The van der Waals surface area contributed by atoms with Crippen molar-refractivity contribution in [3.8, 4) is 5.69 Å². The quantitative estimate of drug-likeness (QED) is 0.689. The number of carbonyl (C=O) groups excluding carboxylic acids is 3. The highest BCUT2D eigenvalue weighted by molar-refractivity contribution is 5.90. The largest absolute Gasteiger partial charge is 0.451 e. The standard InChI is InChI=1S/C19H23N5O5/c1-3-28-19(27)23-11-9-22(10-12-23)16(25)13-29-18(26)17-14(2)20-24(21-17)15-7-5-4-6-8-15/h4-8H,3,9-13H2,1-2H3. The van der Waals surface area contributed by atoms with Crippen LogP contribution in [-0.2, 0) is 14.3 Å². The minimum absolute atomic E-state index is 0.0637. The van der Waals surface area contributed by atoms with Crippen LogP contribution >= 0.6 is 0 Å². The third kappa shape index (κ3) is 4.89. The van der Waals surface area contributed by atoms with E-state index in [9.17, 15) is 14.4 Å². The number of ether oxygens (including phenoxy) is 2. The van der Waals surface area contributed by atoms with Crippen molar-refractivity contribution < 1.29 is 23.9 Å². The van der Waals surface area contributed by atoms with E-state index in [1.165, 1.54) is 4.80 Å². The second-order valence-corrected chi connectivity index (χ2v) is 6.40. The van der Waals surface area contributed by atoms with Gasteiger partial charge in [0.1, 0.15) is 0 Å². The van der Waals surface area contributed by atoms with E-state index in [0.717, 1.165) is 0 Å². The Kier molecular flexibility index (Phi) is 6.43. The van der Waals surface area contributed by atoms with E-state index < -0.39 is 12.6 Å². The molecule has 0 radical (unpaired) electrons. The van der Waals surface area contributed by atoms with Crippen LogP contribution in [0.1, 0.15) is 23.1 Å². The van der Waals surface area contributed by atoms with Crippen molar-refractivity contribution in [2.45, 2.75) is 13.8 Å². The fraction of sp³-hybridized carbons (Fsp3) is 0.421. The molecule has 3 rings (SSSR count). The van der Waals surface area contributed by atoms with Gasteiger partial charge in [-0.05, 0) is 26.0 Å². The summed E-state index contributed by atoms with van der Waals surface area (Å²) in [4.78, 5) is 40.8. The van der Waals surface area contributed by atoms with Crippen LogP contribution in [0.2, 0.25) is 0 Å². The lowest BCUT2D eigenvalue weighted by Crippen LogP contribution is -2.51. The van der Waals surface area contributed by atoms with E-state index in [2.05, 4.69) is 10.2 Å². The van der Waals surface area contributed by atoms with Gasteiger partial charge in [-0.2, -0.15) is 9.90 Å². The number of para-hydroxylation sites is 1. The number of amides is 2. The molecular formula is C19H23N5O5. The molecule has 10 heteroatoms. The fourth-order valence-electron chi connectivity index (χ4n) is 2.88. The van der Waals surface area contributed by atoms with E-state index in [0.29, 0.717) is 44.2 Å². The number of hydrogen-bond donors (Lipinski definition) is 0. The first-order valence-corrected chi connectivity index (χ1v) is 9.35. The van der Waals surface area contributed by atoms with Gasteiger partial charge in [-0.3, -0.25) is 4.79 Å². The first-order chi connectivity index (χ1) is 14.0.